The number of hydrogen-bond acceptors (Lipinski definition) is 2. The summed E-state index contributed by atoms with van der Waals surface area (Å²) < 4.78 is 5.40. The van der Waals surface area contributed by atoms with Crippen LogP contribution in [-0.4, -0.2) is 22.1 Å². The zero-order valence-electron chi connectivity index (χ0n) is 10.1. The van der Waals surface area contributed by atoms with Crippen LogP contribution in [0.1, 0.15) is 40.0 Å². The van der Waals surface area contributed by atoms with E-state index in [0.29, 0.717) is 11.8 Å². The molecule has 0 N–H and O–H groups in total. The normalized spacial score (nSPS) is 32.7. The molecule has 0 aliphatic heterocycles. The third-order valence-electron chi connectivity index (χ3n) is 3.48. The van der Waals surface area contributed by atoms with Crippen LogP contribution in [0.15, 0.2) is 0 Å². The van der Waals surface area contributed by atoms with Gasteiger partial charge in [0.05, 0.1) is 11.8 Å². The summed E-state index contributed by atoms with van der Waals surface area (Å²) in [6.07, 6.45) is 2.52. The molecule has 0 aromatic rings. The fraction of sp³-hybridized carbons (Fsp3) is 0.833. The first-order valence-corrected chi connectivity index (χ1v) is 5.84. The lowest BCUT2D eigenvalue weighted by Gasteiger charge is -2.25. The lowest BCUT2D eigenvalue weighted by Crippen LogP contribution is -2.32. The van der Waals surface area contributed by atoms with E-state index in [2.05, 4.69) is 4.79 Å². The molecule has 2 saturated carbocycles. The minimum absolute atomic E-state index is 0.00900. The van der Waals surface area contributed by atoms with Gasteiger partial charge in [0, 0.05) is 6.42 Å². The van der Waals surface area contributed by atoms with Gasteiger partial charge in [0.1, 0.15) is 5.60 Å². The predicted molar refractivity (Wildman–Crippen MR) is 58.8 cm³/mol. The fourth-order valence-corrected chi connectivity index (χ4v) is 2.85. The van der Waals surface area contributed by atoms with Crippen LogP contribution in [0.25, 0.3) is 5.53 Å². The zero-order chi connectivity index (χ0) is 11.9. The Morgan fingerprint density at radius 2 is 2.12 bits per heavy atom. The van der Waals surface area contributed by atoms with Crippen LogP contribution in [0.3, 0.4) is 0 Å². The molecule has 4 heteroatoms. The highest BCUT2D eigenvalue weighted by molar-refractivity contribution is 5.88. The molecule has 0 aromatic carbocycles. The molecular weight excluding hydrogens is 204 g/mol. The maximum atomic E-state index is 11.9. The second kappa shape index (κ2) is 3.70. The molecule has 2 rings (SSSR count). The largest absolute Gasteiger partial charge is 0.460 e. The van der Waals surface area contributed by atoms with E-state index in [1.54, 1.807) is 0 Å². The van der Waals surface area contributed by atoms with Gasteiger partial charge in [-0.2, -0.15) is 4.79 Å². The van der Waals surface area contributed by atoms with Crippen molar-refractivity contribution in [3.05, 3.63) is 5.53 Å². The molecule has 0 radical (unpaired) electrons. The topological polar surface area (TPSA) is 62.7 Å². The van der Waals surface area contributed by atoms with Crippen LogP contribution in [-0.2, 0) is 9.53 Å². The Morgan fingerprint density at radius 1 is 1.44 bits per heavy atom. The molecule has 88 valence electrons. The van der Waals surface area contributed by atoms with Crippen molar-refractivity contribution in [2.45, 2.75) is 45.6 Å². The molecule has 0 aromatic heterocycles. The average molecular weight is 222 g/mol. The zero-order valence-corrected chi connectivity index (χ0v) is 10.1. The maximum absolute atomic E-state index is 11.9. The Balaban J connectivity index is 2.01. The summed E-state index contributed by atoms with van der Waals surface area (Å²) in [4.78, 5) is 15.2. The van der Waals surface area contributed by atoms with Crippen molar-refractivity contribution >= 4 is 11.7 Å². The Hall–Kier alpha value is -1.15. The van der Waals surface area contributed by atoms with E-state index in [0.717, 1.165) is 25.0 Å². The summed E-state index contributed by atoms with van der Waals surface area (Å²) in [6, 6.07) is 0. The molecular formula is C12H18N2O2. The van der Waals surface area contributed by atoms with Crippen molar-refractivity contribution in [1.29, 1.82) is 0 Å². The minimum atomic E-state index is -0.410. The van der Waals surface area contributed by atoms with Gasteiger partial charge in [0.15, 0.2) is 0 Å². The number of fused-ring (bicyclic) bond motifs is 2. The van der Waals surface area contributed by atoms with E-state index in [1.165, 1.54) is 0 Å². The van der Waals surface area contributed by atoms with E-state index >= 15 is 0 Å². The molecule has 0 saturated heterocycles. The first-order chi connectivity index (χ1) is 7.40. The molecule has 0 spiro atoms. The average Bonchev–Trinajstić information content (AvgIpc) is 2.72. The number of hydrogen-bond donors (Lipinski definition) is 0. The van der Waals surface area contributed by atoms with Gasteiger partial charge in [-0.3, -0.25) is 4.79 Å². The van der Waals surface area contributed by atoms with Crippen LogP contribution >= 0.6 is 0 Å². The van der Waals surface area contributed by atoms with Crippen LogP contribution in [0.5, 0.6) is 0 Å². The van der Waals surface area contributed by atoms with Crippen LogP contribution in [0.4, 0.5) is 0 Å². The second-order valence-electron chi connectivity index (χ2n) is 5.86. The van der Waals surface area contributed by atoms with Gasteiger partial charge in [-0.1, -0.05) is 0 Å². The molecule has 2 aliphatic carbocycles. The van der Waals surface area contributed by atoms with Crippen LogP contribution < -0.4 is 0 Å². The highest BCUT2D eigenvalue weighted by Crippen LogP contribution is 2.47. The fourth-order valence-electron chi connectivity index (χ4n) is 2.85. The predicted octanol–water partition coefficient (Wildman–Crippen LogP) is 2.04. The smallest absolute Gasteiger partial charge is 0.309 e. The van der Waals surface area contributed by atoms with Crippen molar-refractivity contribution in [2.75, 3.05) is 0 Å². The van der Waals surface area contributed by atoms with Crippen LogP contribution in [0.2, 0.25) is 0 Å². The summed E-state index contributed by atoms with van der Waals surface area (Å²) in [5, 5.41) is 0. The number of carbonyl (C=O) groups excluding carboxylic acids is 1. The third kappa shape index (κ3) is 2.03. The lowest BCUT2D eigenvalue weighted by atomic mass is 9.87. The summed E-state index contributed by atoms with van der Waals surface area (Å²) in [5.74, 6) is 0.546. The van der Waals surface area contributed by atoms with Crippen molar-refractivity contribution in [3.63, 3.8) is 0 Å². The van der Waals surface area contributed by atoms with Crippen molar-refractivity contribution in [3.8, 4) is 0 Å². The number of ether oxygens (including phenoxy) is 1. The molecule has 3 unspecified atom stereocenters. The number of nitrogens with zero attached hydrogens (tertiary/aromatic N) is 2. The van der Waals surface area contributed by atoms with E-state index in [1.807, 2.05) is 20.8 Å². The van der Waals surface area contributed by atoms with E-state index in [-0.39, 0.29) is 11.9 Å². The Kier molecular flexibility index (Phi) is 2.62. The first-order valence-electron chi connectivity index (χ1n) is 5.84. The van der Waals surface area contributed by atoms with Gasteiger partial charge in [-0.05, 0) is 39.5 Å². The Bertz CT molecular complexity index is 364. The summed E-state index contributed by atoms with van der Waals surface area (Å²) in [6.45, 7) is 5.66. The number of carbonyl (C=O) groups is 1. The summed E-state index contributed by atoms with van der Waals surface area (Å²) in [5.41, 5.74) is 9.23. The molecule has 16 heavy (non-hydrogen) atoms. The Morgan fingerprint density at radius 3 is 2.56 bits per heavy atom. The molecule has 2 aliphatic rings. The molecule has 3 atom stereocenters. The standard InChI is InChI=1S/C12H18N2O2/c1-12(2,3)16-11(15)9-5-8-4-7(9)6-10(8)14-13/h7-9H,4-6H2,1-3H3. The lowest BCUT2D eigenvalue weighted by molar-refractivity contribution is -0.161. The highest BCUT2D eigenvalue weighted by Gasteiger charge is 2.51. The van der Waals surface area contributed by atoms with Gasteiger partial charge >= 0.3 is 5.97 Å². The molecule has 4 nitrogen and oxygen atoms in total. The van der Waals surface area contributed by atoms with Crippen LogP contribution in [0, 0.1) is 17.8 Å². The first kappa shape index (κ1) is 11.3. The SMILES string of the molecule is CC(C)(C)OC(=O)C1CC2CC1CC2=[N+]=[N-]. The van der Waals surface area contributed by atoms with E-state index in [9.17, 15) is 4.79 Å². The highest BCUT2D eigenvalue weighted by atomic mass is 16.6. The maximum Gasteiger partial charge on any atom is 0.309 e. The van der Waals surface area contributed by atoms with E-state index in [4.69, 9.17) is 10.3 Å². The summed E-state index contributed by atoms with van der Waals surface area (Å²) in [7, 11) is 0. The van der Waals surface area contributed by atoms with E-state index < -0.39 is 5.60 Å². The number of esters is 1. The Labute approximate surface area is 95.6 Å². The minimum Gasteiger partial charge on any atom is -0.460 e. The third-order valence-corrected chi connectivity index (χ3v) is 3.48. The quantitative estimate of drug-likeness (QED) is 0.387. The van der Waals surface area contributed by atoms with Gasteiger partial charge in [0.2, 0.25) is 0 Å². The van der Waals surface area contributed by atoms with Gasteiger partial charge in [0.25, 0.3) is 5.71 Å². The molecule has 2 fully saturated rings. The van der Waals surface area contributed by atoms with Crippen molar-refractivity contribution in [1.82, 2.24) is 0 Å². The molecule has 2 bridgehead atoms. The van der Waals surface area contributed by atoms with Gasteiger partial charge in [-0.25, -0.2) is 0 Å². The second-order valence-corrected chi connectivity index (χ2v) is 5.86. The van der Waals surface area contributed by atoms with Crippen molar-refractivity contribution < 1.29 is 14.3 Å². The monoisotopic (exact) mass is 222 g/mol. The van der Waals surface area contributed by atoms with Crippen molar-refractivity contribution in [2.24, 2.45) is 17.8 Å². The number of rotatable bonds is 1. The molecule has 0 amide bonds. The van der Waals surface area contributed by atoms with Gasteiger partial charge < -0.3 is 10.3 Å². The summed E-state index contributed by atoms with van der Waals surface area (Å²) >= 11 is 0. The molecule has 0 heterocycles. The van der Waals surface area contributed by atoms with Gasteiger partial charge in [-0.15, -0.1) is 0 Å².